The Morgan fingerprint density at radius 1 is 1.37 bits per heavy atom. The number of rotatable bonds is 3. The Morgan fingerprint density at radius 2 is 2.19 bits per heavy atom. The topological polar surface area (TPSA) is 85.1 Å². The standard InChI is InChI=1S/C20H19N5O2/c1-3-9-24(2)20(27)18-14-12-25(10-8-16(14)22-23-18)19(26)17-11-13-6-4-5-7-15(13)21-17/h1,4-7,11,21H,8-10,12H2,2H3,(H,22,23). The van der Waals surface area contributed by atoms with Crippen LogP contribution in [0.1, 0.15) is 32.2 Å². The number of terminal acetylenes is 1. The highest BCUT2D eigenvalue weighted by Gasteiger charge is 2.29. The van der Waals surface area contributed by atoms with Gasteiger partial charge in [-0.3, -0.25) is 14.7 Å². The van der Waals surface area contributed by atoms with Crippen molar-refractivity contribution in [3.8, 4) is 12.3 Å². The van der Waals surface area contributed by atoms with Gasteiger partial charge >= 0.3 is 0 Å². The van der Waals surface area contributed by atoms with Gasteiger partial charge in [0.2, 0.25) is 0 Å². The minimum atomic E-state index is -0.221. The van der Waals surface area contributed by atoms with Gasteiger partial charge in [-0.25, -0.2) is 0 Å². The lowest BCUT2D eigenvalue weighted by molar-refractivity contribution is 0.0721. The van der Waals surface area contributed by atoms with Gasteiger partial charge in [0, 0.05) is 36.5 Å². The molecule has 2 N–H and O–H groups in total. The average molecular weight is 361 g/mol. The summed E-state index contributed by atoms with van der Waals surface area (Å²) in [7, 11) is 1.64. The second-order valence-electron chi connectivity index (χ2n) is 6.64. The summed E-state index contributed by atoms with van der Waals surface area (Å²) in [5.41, 5.74) is 3.46. The molecule has 1 aliphatic heterocycles. The molecular weight excluding hydrogens is 342 g/mol. The molecule has 27 heavy (non-hydrogen) atoms. The van der Waals surface area contributed by atoms with Crippen LogP contribution >= 0.6 is 0 Å². The molecular formula is C20H19N5O2. The van der Waals surface area contributed by atoms with Crippen LogP contribution in [-0.2, 0) is 13.0 Å². The lowest BCUT2D eigenvalue weighted by Crippen LogP contribution is -2.37. The van der Waals surface area contributed by atoms with Crippen molar-refractivity contribution in [2.75, 3.05) is 20.1 Å². The summed E-state index contributed by atoms with van der Waals surface area (Å²) in [5.74, 6) is 2.14. The molecule has 7 heteroatoms. The number of benzene rings is 1. The Hall–Kier alpha value is -3.53. The average Bonchev–Trinajstić information content (AvgIpc) is 3.30. The van der Waals surface area contributed by atoms with Crippen molar-refractivity contribution >= 4 is 22.7 Å². The number of hydrogen-bond acceptors (Lipinski definition) is 3. The van der Waals surface area contributed by atoms with Crippen LogP contribution in [0.4, 0.5) is 0 Å². The van der Waals surface area contributed by atoms with Crippen LogP contribution in [0.3, 0.4) is 0 Å². The number of hydrogen-bond donors (Lipinski definition) is 2. The van der Waals surface area contributed by atoms with Crippen molar-refractivity contribution in [3.05, 3.63) is 53.0 Å². The van der Waals surface area contributed by atoms with Gasteiger partial charge in [-0.2, -0.15) is 5.10 Å². The molecule has 0 spiro atoms. The Kier molecular flexibility index (Phi) is 4.16. The first kappa shape index (κ1) is 16.9. The van der Waals surface area contributed by atoms with E-state index >= 15 is 0 Å². The van der Waals surface area contributed by atoms with Gasteiger partial charge < -0.3 is 14.8 Å². The van der Waals surface area contributed by atoms with Crippen LogP contribution in [0.25, 0.3) is 10.9 Å². The predicted molar refractivity (Wildman–Crippen MR) is 101 cm³/mol. The number of para-hydroxylation sites is 1. The van der Waals surface area contributed by atoms with E-state index in [-0.39, 0.29) is 18.4 Å². The van der Waals surface area contributed by atoms with Crippen molar-refractivity contribution in [1.82, 2.24) is 25.0 Å². The molecule has 0 atom stereocenters. The van der Waals surface area contributed by atoms with Gasteiger partial charge in [-0.05, 0) is 12.1 Å². The lowest BCUT2D eigenvalue weighted by Gasteiger charge is -2.26. The van der Waals surface area contributed by atoms with E-state index < -0.39 is 0 Å². The highest BCUT2D eigenvalue weighted by Crippen LogP contribution is 2.24. The van der Waals surface area contributed by atoms with E-state index in [4.69, 9.17) is 6.42 Å². The summed E-state index contributed by atoms with van der Waals surface area (Å²) in [5, 5.41) is 8.07. The van der Waals surface area contributed by atoms with Crippen molar-refractivity contribution in [2.24, 2.45) is 0 Å². The minimum Gasteiger partial charge on any atom is -0.351 e. The maximum absolute atomic E-state index is 13.0. The number of carbonyl (C=O) groups excluding carboxylic acids is 2. The van der Waals surface area contributed by atoms with E-state index in [1.165, 1.54) is 4.90 Å². The molecule has 0 fully saturated rings. The monoisotopic (exact) mass is 361 g/mol. The molecule has 2 amide bonds. The molecule has 1 aliphatic rings. The normalized spacial score (nSPS) is 13.3. The van der Waals surface area contributed by atoms with E-state index in [9.17, 15) is 9.59 Å². The Balaban J connectivity index is 1.59. The second kappa shape index (κ2) is 6.65. The van der Waals surface area contributed by atoms with Gasteiger partial charge in [-0.15, -0.1) is 6.42 Å². The molecule has 3 aromatic rings. The lowest BCUT2D eigenvalue weighted by atomic mass is 10.0. The largest absolute Gasteiger partial charge is 0.351 e. The summed E-state index contributed by atoms with van der Waals surface area (Å²) in [4.78, 5) is 31.9. The quantitative estimate of drug-likeness (QED) is 0.698. The highest BCUT2D eigenvalue weighted by molar-refractivity contribution is 5.98. The number of aromatic amines is 2. The fourth-order valence-electron chi connectivity index (χ4n) is 3.40. The maximum atomic E-state index is 13.0. The molecule has 4 rings (SSSR count). The van der Waals surface area contributed by atoms with E-state index in [1.807, 2.05) is 30.3 Å². The van der Waals surface area contributed by atoms with Crippen LogP contribution in [0.5, 0.6) is 0 Å². The van der Waals surface area contributed by atoms with Gasteiger partial charge in [0.15, 0.2) is 0 Å². The summed E-state index contributed by atoms with van der Waals surface area (Å²) in [6.45, 7) is 1.11. The predicted octanol–water partition coefficient (Wildman–Crippen LogP) is 1.79. The Bertz CT molecular complexity index is 1040. The number of nitrogens with zero attached hydrogens (tertiary/aromatic N) is 3. The third-order valence-corrected chi connectivity index (χ3v) is 4.86. The third-order valence-electron chi connectivity index (χ3n) is 4.86. The third kappa shape index (κ3) is 2.95. The zero-order valence-corrected chi connectivity index (χ0v) is 15.0. The summed E-state index contributed by atoms with van der Waals surface area (Å²) in [6.07, 6.45) is 5.89. The van der Waals surface area contributed by atoms with Gasteiger partial charge in [-0.1, -0.05) is 24.1 Å². The first-order valence-corrected chi connectivity index (χ1v) is 8.70. The van der Waals surface area contributed by atoms with Crippen molar-refractivity contribution < 1.29 is 9.59 Å². The first-order chi connectivity index (χ1) is 13.1. The summed E-state index contributed by atoms with van der Waals surface area (Å²) < 4.78 is 0. The molecule has 1 aromatic carbocycles. The van der Waals surface area contributed by atoms with Crippen LogP contribution in [0, 0.1) is 12.3 Å². The number of fused-ring (bicyclic) bond motifs is 2. The van der Waals surface area contributed by atoms with E-state index in [1.54, 1.807) is 11.9 Å². The maximum Gasteiger partial charge on any atom is 0.272 e. The molecule has 2 aromatic heterocycles. The van der Waals surface area contributed by atoms with Crippen LogP contribution in [-0.4, -0.2) is 56.9 Å². The van der Waals surface area contributed by atoms with E-state index in [0.29, 0.717) is 30.9 Å². The van der Waals surface area contributed by atoms with E-state index in [2.05, 4.69) is 21.1 Å². The zero-order chi connectivity index (χ0) is 19.0. The second-order valence-corrected chi connectivity index (χ2v) is 6.64. The Morgan fingerprint density at radius 3 is 2.96 bits per heavy atom. The molecule has 3 heterocycles. The minimum absolute atomic E-state index is 0.0894. The van der Waals surface area contributed by atoms with Crippen molar-refractivity contribution in [1.29, 1.82) is 0 Å². The molecule has 0 aliphatic carbocycles. The fraction of sp³-hybridized carbons (Fsp3) is 0.250. The van der Waals surface area contributed by atoms with Gasteiger partial charge in [0.1, 0.15) is 11.4 Å². The van der Waals surface area contributed by atoms with Crippen molar-refractivity contribution in [3.63, 3.8) is 0 Å². The Labute approximate surface area is 156 Å². The number of nitrogens with one attached hydrogen (secondary N) is 2. The molecule has 0 unspecified atom stereocenters. The smallest absolute Gasteiger partial charge is 0.272 e. The highest BCUT2D eigenvalue weighted by atomic mass is 16.2. The van der Waals surface area contributed by atoms with Crippen LogP contribution in [0.2, 0.25) is 0 Å². The fourth-order valence-corrected chi connectivity index (χ4v) is 3.40. The number of amides is 2. The molecule has 0 saturated heterocycles. The molecule has 7 nitrogen and oxygen atoms in total. The number of aromatic nitrogens is 3. The number of H-pyrrole nitrogens is 2. The first-order valence-electron chi connectivity index (χ1n) is 8.70. The SMILES string of the molecule is C#CCN(C)C(=O)c1[nH]nc2c1CN(C(=O)c1cc3ccccc3[nH]1)CC2. The van der Waals surface area contributed by atoms with Gasteiger partial charge in [0.25, 0.3) is 11.8 Å². The molecule has 136 valence electrons. The summed E-state index contributed by atoms with van der Waals surface area (Å²) >= 11 is 0. The van der Waals surface area contributed by atoms with Crippen molar-refractivity contribution in [2.45, 2.75) is 13.0 Å². The van der Waals surface area contributed by atoms with E-state index in [0.717, 1.165) is 22.2 Å². The molecule has 0 bridgehead atoms. The van der Waals surface area contributed by atoms with Crippen LogP contribution < -0.4 is 0 Å². The van der Waals surface area contributed by atoms with Gasteiger partial charge in [0.05, 0.1) is 18.8 Å². The van der Waals surface area contributed by atoms with Crippen LogP contribution in [0.15, 0.2) is 30.3 Å². The molecule has 0 saturated carbocycles. The number of carbonyl (C=O) groups is 2. The summed E-state index contributed by atoms with van der Waals surface area (Å²) in [6, 6.07) is 9.62. The molecule has 0 radical (unpaired) electrons. The zero-order valence-electron chi connectivity index (χ0n) is 15.0.